The first-order valence-electron chi connectivity index (χ1n) is 8.95. The maximum Gasteiger partial charge on any atom is 0.222 e. The second-order valence-corrected chi connectivity index (χ2v) is 6.44. The van der Waals surface area contributed by atoms with Gasteiger partial charge in [0.05, 0.1) is 19.8 Å². The van der Waals surface area contributed by atoms with Gasteiger partial charge in [-0.2, -0.15) is 0 Å². The highest BCUT2D eigenvalue weighted by Gasteiger charge is 2.40. The number of hydrogen-bond donors (Lipinski definition) is 0. The summed E-state index contributed by atoms with van der Waals surface area (Å²) in [5.74, 6) is -0.188. The maximum absolute atomic E-state index is 12.2. The predicted molar refractivity (Wildman–Crippen MR) is 90.6 cm³/mol. The standard InChI is InChI=1S/C19H27NO4/c21-18(20-11-9-19(10-12-20)23-15-16-24-19)7-4-13-22-14-8-17-5-2-1-3-6-17/h1-3,5-6H,4,7-16H2. The second-order valence-electron chi connectivity index (χ2n) is 6.44. The van der Waals surface area contributed by atoms with Crippen molar-refractivity contribution in [1.29, 1.82) is 0 Å². The van der Waals surface area contributed by atoms with Crippen LogP contribution in [0, 0.1) is 0 Å². The summed E-state index contributed by atoms with van der Waals surface area (Å²) in [7, 11) is 0. The van der Waals surface area contributed by atoms with Crippen molar-refractivity contribution in [2.45, 2.75) is 37.9 Å². The Labute approximate surface area is 143 Å². The Morgan fingerprint density at radius 1 is 1.08 bits per heavy atom. The molecule has 0 N–H and O–H groups in total. The molecule has 0 atom stereocenters. The molecule has 0 unspecified atom stereocenters. The van der Waals surface area contributed by atoms with E-state index in [1.165, 1.54) is 5.56 Å². The summed E-state index contributed by atoms with van der Waals surface area (Å²) >= 11 is 0. The molecule has 1 spiro atoms. The highest BCUT2D eigenvalue weighted by Crippen LogP contribution is 2.31. The zero-order valence-electron chi connectivity index (χ0n) is 14.2. The van der Waals surface area contributed by atoms with Gasteiger partial charge in [-0.25, -0.2) is 0 Å². The Morgan fingerprint density at radius 2 is 1.79 bits per heavy atom. The number of likely N-dealkylation sites (tertiary alicyclic amines) is 1. The van der Waals surface area contributed by atoms with Crippen molar-refractivity contribution in [3.63, 3.8) is 0 Å². The number of carbonyl (C=O) groups excluding carboxylic acids is 1. The first-order chi connectivity index (χ1) is 11.8. The summed E-state index contributed by atoms with van der Waals surface area (Å²) in [5, 5.41) is 0. The molecule has 1 aromatic rings. The van der Waals surface area contributed by atoms with Crippen LogP contribution in [-0.4, -0.2) is 56.1 Å². The molecule has 132 valence electrons. The van der Waals surface area contributed by atoms with E-state index in [9.17, 15) is 4.79 Å². The molecule has 24 heavy (non-hydrogen) atoms. The number of nitrogens with zero attached hydrogens (tertiary/aromatic N) is 1. The molecule has 0 aromatic heterocycles. The molecule has 2 saturated heterocycles. The van der Waals surface area contributed by atoms with Crippen LogP contribution in [0.15, 0.2) is 30.3 Å². The number of piperidine rings is 1. The van der Waals surface area contributed by atoms with Gasteiger partial charge in [-0.05, 0) is 18.4 Å². The Kier molecular flexibility index (Phi) is 6.24. The number of ether oxygens (including phenoxy) is 3. The van der Waals surface area contributed by atoms with E-state index in [0.29, 0.717) is 32.8 Å². The van der Waals surface area contributed by atoms with Crippen LogP contribution in [0.2, 0.25) is 0 Å². The summed E-state index contributed by atoms with van der Waals surface area (Å²) in [6, 6.07) is 10.3. The van der Waals surface area contributed by atoms with Crippen LogP contribution in [0.5, 0.6) is 0 Å². The predicted octanol–water partition coefficient (Wildman–Crippen LogP) is 2.39. The van der Waals surface area contributed by atoms with Crippen LogP contribution in [0.25, 0.3) is 0 Å². The maximum atomic E-state index is 12.2. The normalized spacial score (nSPS) is 19.8. The molecule has 2 fully saturated rings. The monoisotopic (exact) mass is 333 g/mol. The first-order valence-corrected chi connectivity index (χ1v) is 8.95. The van der Waals surface area contributed by atoms with Crippen molar-refractivity contribution in [1.82, 2.24) is 4.90 Å². The molecule has 0 saturated carbocycles. The average molecular weight is 333 g/mol. The Morgan fingerprint density at radius 3 is 2.50 bits per heavy atom. The minimum atomic E-state index is -0.405. The lowest BCUT2D eigenvalue weighted by molar-refractivity contribution is -0.187. The number of rotatable bonds is 7. The van der Waals surface area contributed by atoms with Gasteiger partial charge >= 0.3 is 0 Å². The van der Waals surface area contributed by atoms with Crippen molar-refractivity contribution in [2.24, 2.45) is 0 Å². The molecule has 0 bridgehead atoms. The van der Waals surface area contributed by atoms with Crippen molar-refractivity contribution >= 4 is 5.91 Å². The van der Waals surface area contributed by atoms with Gasteiger partial charge in [-0.3, -0.25) is 4.79 Å². The van der Waals surface area contributed by atoms with E-state index in [-0.39, 0.29) is 5.91 Å². The Hall–Kier alpha value is -1.43. The third kappa shape index (κ3) is 4.79. The Bertz CT molecular complexity index is 503. The highest BCUT2D eigenvalue weighted by atomic mass is 16.7. The minimum absolute atomic E-state index is 0.217. The van der Waals surface area contributed by atoms with E-state index in [1.807, 2.05) is 23.1 Å². The first kappa shape index (κ1) is 17.4. The molecule has 5 heteroatoms. The van der Waals surface area contributed by atoms with Crippen molar-refractivity contribution in [2.75, 3.05) is 39.5 Å². The lowest BCUT2D eigenvalue weighted by Crippen LogP contribution is -2.47. The molecule has 5 nitrogen and oxygen atoms in total. The summed E-state index contributed by atoms with van der Waals surface area (Å²) in [6.45, 7) is 4.16. The van der Waals surface area contributed by atoms with Gasteiger partial charge in [0.25, 0.3) is 0 Å². The third-order valence-corrected chi connectivity index (χ3v) is 4.75. The fourth-order valence-corrected chi connectivity index (χ4v) is 3.30. The summed E-state index contributed by atoms with van der Waals surface area (Å²) in [4.78, 5) is 14.2. The van der Waals surface area contributed by atoms with Gasteiger partial charge in [0, 0.05) is 39.0 Å². The lowest BCUT2D eigenvalue weighted by Gasteiger charge is -2.37. The smallest absolute Gasteiger partial charge is 0.222 e. The van der Waals surface area contributed by atoms with Gasteiger partial charge < -0.3 is 19.1 Å². The van der Waals surface area contributed by atoms with Crippen molar-refractivity contribution < 1.29 is 19.0 Å². The van der Waals surface area contributed by atoms with Crippen molar-refractivity contribution in [3.05, 3.63) is 35.9 Å². The topological polar surface area (TPSA) is 48.0 Å². The average Bonchev–Trinajstić information content (AvgIpc) is 3.07. The molecule has 0 radical (unpaired) electrons. The molecule has 1 aromatic carbocycles. The van der Waals surface area contributed by atoms with Crippen molar-refractivity contribution in [3.8, 4) is 0 Å². The fraction of sp³-hybridized carbons (Fsp3) is 0.632. The highest BCUT2D eigenvalue weighted by molar-refractivity contribution is 5.76. The van der Waals surface area contributed by atoms with E-state index in [1.54, 1.807) is 0 Å². The SMILES string of the molecule is O=C(CCCOCCc1ccccc1)N1CCC2(CC1)OCCO2. The van der Waals surface area contributed by atoms with E-state index in [4.69, 9.17) is 14.2 Å². The van der Waals surface area contributed by atoms with Crippen LogP contribution in [0.3, 0.4) is 0 Å². The Balaban J connectivity index is 1.25. The molecule has 3 rings (SSSR count). The quantitative estimate of drug-likeness (QED) is 0.719. The molecular formula is C19H27NO4. The molecule has 0 aliphatic carbocycles. The lowest BCUT2D eigenvalue weighted by atomic mass is 10.0. The number of amides is 1. The van der Waals surface area contributed by atoms with E-state index < -0.39 is 5.79 Å². The minimum Gasteiger partial charge on any atom is -0.381 e. The van der Waals surface area contributed by atoms with Gasteiger partial charge in [0.2, 0.25) is 5.91 Å². The van der Waals surface area contributed by atoms with Crippen LogP contribution in [-0.2, 0) is 25.4 Å². The molecule has 2 heterocycles. The zero-order valence-corrected chi connectivity index (χ0v) is 14.2. The van der Waals surface area contributed by atoms with Crippen LogP contribution in [0.1, 0.15) is 31.2 Å². The van der Waals surface area contributed by atoms with Gasteiger partial charge in [-0.15, -0.1) is 0 Å². The number of hydrogen-bond acceptors (Lipinski definition) is 4. The molecule has 1 amide bonds. The largest absolute Gasteiger partial charge is 0.381 e. The molecule has 2 aliphatic rings. The number of benzene rings is 1. The summed E-state index contributed by atoms with van der Waals surface area (Å²) in [5.41, 5.74) is 1.28. The number of carbonyl (C=O) groups is 1. The van der Waals surface area contributed by atoms with Crippen LogP contribution < -0.4 is 0 Å². The van der Waals surface area contributed by atoms with Gasteiger partial charge in [-0.1, -0.05) is 30.3 Å². The zero-order chi connectivity index (χ0) is 16.7. The summed E-state index contributed by atoms with van der Waals surface area (Å²) in [6.07, 6.45) is 3.82. The van der Waals surface area contributed by atoms with E-state index in [0.717, 1.165) is 38.8 Å². The molecular weight excluding hydrogens is 306 g/mol. The molecule has 2 aliphatic heterocycles. The van der Waals surface area contributed by atoms with Crippen LogP contribution >= 0.6 is 0 Å². The summed E-state index contributed by atoms with van der Waals surface area (Å²) < 4.78 is 17.0. The van der Waals surface area contributed by atoms with Gasteiger partial charge in [0.15, 0.2) is 5.79 Å². The van der Waals surface area contributed by atoms with E-state index >= 15 is 0 Å². The van der Waals surface area contributed by atoms with Gasteiger partial charge in [0.1, 0.15) is 0 Å². The second kappa shape index (κ2) is 8.60. The van der Waals surface area contributed by atoms with E-state index in [2.05, 4.69) is 12.1 Å². The third-order valence-electron chi connectivity index (χ3n) is 4.75. The van der Waals surface area contributed by atoms with Crippen LogP contribution in [0.4, 0.5) is 0 Å². The fourth-order valence-electron chi connectivity index (χ4n) is 3.30.